The summed E-state index contributed by atoms with van der Waals surface area (Å²) in [5, 5.41) is 65.7. The molecule has 0 bridgehead atoms. The Morgan fingerprint density at radius 3 is 2.58 bits per heavy atom. The highest BCUT2D eigenvalue weighted by Crippen LogP contribution is 2.55. The molecule has 13 heteroatoms. The second-order valence-corrected chi connectivity index (χ2v) is 20.5. The van der Waals surface area contributed by atoms with Crippen LogP contribution in [0.2, 0.25) is 0 Å². The molecule has 1 aromatic heterocycles. The number of methoxy groups -OCH3 is 1. The zero-order chi connectivity index (χ0) is 45.7. The van der Waals surface area contributed by atoms with Crippen LogP contribution < -0.4 is 20.1 Å². The number of aromatic hydroxyl groups is 3. The molecule has 11 nitrogen and oxygen atoms in total. The van der Waals surface area contributed by atoms with Crippen LogP contribution in [0.5, 0.6) is 28.7 Å². The number of ketones is 1. The van der Waals surface area contributed by atoms with Crippen LogP contribution >= 0.6 is 21.6 Å². The van der Waals surface area contributed by atoms with Gasteiger partial charge < -0.3 is 45.3 Å². The summed E-state index contributed by atoms with van der Waals surface area (Å²) in [7, 11) is 6.53. The number of hydrogen-bond donors (Lipinski definition) is 8. The minimum Gasteiger partial charge on any atom is -0.508 e. The fraction of sp³-hybridized carbons (Fsp3) is 0.365. The third-order valence-corrected chi connectivity index (χ3v) is 16.1. The molecule has 65 heavy (non-hydrogen) atoms. The molecule has 2 aliphatic rings. The number of ether oxygens (including phenoxy) is 2. The van der Waals surface area contributed by atoms with Crippen molar-refractivity contribution in [2.24, 2.45) is 5.92 Å². The molecule has 8 rings (SSSR count). The number of nitrogens with one attached hydrogen (secondary N) is 3. The Kier molecular flexibility index (Phi) is 14.4. The van der Waals surface area contributed by atoms with Gasteiger partial charge in [-0.05, 0) is 126 Å². The van der Waals surface area contributed by atoms with Crippen molar-refractivity contribution >= 4 is 38.1 Å². The molecular weight excluding hydrogens is 859 g/mol. The van der Waals surface area contributed by atoms with Gasteiger partial charge in [0.2, 0.25) is 0 Å². The Morgan fingerprint density at radius 1 is 0.969 bits per heavy atom. The maximum atomic E-state index is 15.7. The van der Waals surface area contributed by atoms with Crippen LogP contribution in [0.15, 0.2) is 103 Å². The van der Waals surface area contributed by atoms with E-state index in [0.29, 0.717) is 68.0 Å². The lowest BCUT2D eigenvalue weighted by atomic mass is 9.68. The van der Waals surface area contributed by atoms with Crippen molar-refractivity contribution in [2.45, 2.75) is 80.8 Å². The van der Waals surface area contributed by atoms with Gasteiger partial charge in [0.25, 0.3) is 0 Å². The standard InChI is InChI=1S/C52H59N3O8S2/c1-51(61)29-55-31-63-50-44(58)14-12-37-26-52(17-15-46(48(37)50)65-64-30-51,39-20-33(27-53-2)21-40(56)24-39)47(60)25-45(59)38(19-32-16-18-54-28-32)22-36-11-13-43(57)49(62-3)42(36)23-35-9-6-8-34-7-4-5-10-41(34)35/h4-14,16,18,20-21,24,28,38,45-46,53-59,61H,15,17,19,22-23,25-27,29-31H2,1-3H3/t38-,45-,46-,51-,52+/m1/s1. The quantitative estimate of drug-likeness (QED) is 0.0491. The van der Waals surface area contributed by atoms with Crippen molar-refractivity contribution in [1.82, 2.24) is 15.6 Å². The van der Waals surface area contributed by atoms with Gasteiger partial charge in [0.15, 0.2) is 23.0 Å². The monoisotopic (exact) mass is 917 g/mol. The Morgan fingerprint density at radius 2 is 1.78 bits per heavy atom. The van der Waals surface area contributed by atoms with E-state index in [4.69, 9.17) is 9.47 Å². The van der Waals surface area contributed by atoms with Crippen LogP contribution in [0.3, 0.4) is 0 Å². The van der Waals surface area contributed by atoms with E-state index in [1.54, 1.807) is 59.9 Å². The number of fused-ring (bicyclic) bond motifs is 1. The minimum atomic E-state index is -1.19. The van der Waals surface area contributed by atoms with Crippen LogP contribution in [0.4, 0.5) is 0 Å². The maximum Gasteiger partial charge on any atom is 0.167 e. The lowest BCUT2D eigenvalue weighted by Gasteiger charge is -2.35. The third kappa shape index (κ3) is 10.3. The molecule has 0 amide bonds. The Balaban J connectivity index is 1.19. The maximum absolute atomic E-state index is 15.7. The Bertz CT molecular complexity index is 2610. The van der Waals surface area contributed by atoms with Gasteiger partial charge in [-0.1, -0.05) is 82.3 Å². The molecular formula is C52H59N3O8S2. The number of carbonyl (C=O) groups excluding carboxylic acids is 1. The number of phenolic OH excluding ortho intramolecular Hbond substituents is 3. The lowest BCUT2D eigenvalue weighted by molar-refractivity contribution is -0.127. The number of aromatic amines is 1. The molecule has 0 saturated heterocycles. The highest BCUT2D eigenvalue weighted by molar-refractivity contribution is 8.76. The minimum absolute atomic E-state index is 0.00616. The number of phenols is 3. The molecule has 1 aliphatic carbocycles. The summed E-state index contributed by atoms with van der Waals surface area (Å²) in [5.41, 5.74) is 4.69. The van der Waals surface area contributed by atoms with Crippen molar-refractivity contribution in [2.75, 3.05) is 33.2 Å². The fourth-order valence-electron chi connectivity index (χ4n) is 9.83. The van der Waals surface area contributed by atoms with Gasteiger partial charge in [-0.25, -0.2) is 0 Å². The van der Waals surface area contributed by atoms with Gasteiger partial charge in [-0.3, -0.25) is 10.1 Å². The number of H-pyrrole nitrogens is 1. The van der Waals surface area contributed by atoms with Crippen LogP contribution in [0.25, 0.3) is 10.8 Å². The smallest absolute Gasteiger partial charge is 0.167 e. The molecule has 0 saturated carbocycles. The summed E-state index contributed by atoms with van der Waals surface area (Å²) in [6, 6.07) is 28.7. The van der Waals surface area contributed by atoms with Crippen molar-refractivity contribution in [1.29, 1.82) is 0 Å². The predicted octanol–water partition coefficient (Wildman–Crippen LogP) is 8.41. The Labute approximate surface area is 388 Å². The molecule has 1 aliphatic heterocycles. The molecule has 5 atom stereocenters. The van der Waals surface area contributed by atoms with Crippen LogP contribution in [-0.2, 0) is 42.4 Å². The number of hydrogen-bond acceptors (Lipinski definition) is 12. The first-order valence-electron chi connectivity index (χ1n) is 22.2. The van der Waals surface area contributed by atoms with E-state index in [0.717, 1.165) is 49.7 Å². The summed E-state index contributed by atoms with van der Waals surface area (Å²) in [6.07, 6.45) is 4.96. The Hall–Kier alpha value is -5.15. The third-order valence-electron chi connectivity index (χ3n) is 13.1. The fourth-order valence-corrected chi connectivity index (χ4v) is 13.0. The number of aliphatic hydroxyl groups is 2. The number of β-amino-alcohol motifs (C(OH)–C–C–N with tert-alkyl or cyclic N) is 1. The first-order valence-corrected chi connectivity index (χ1v) is 24.6. The van der Waals surface area contributed by atoms with E-state index >= 15 is 4.79 Å². The number of Topliss-reactive ketones (excluding diaryl/α,β-unsaturated/α-hetero) is 1. The van der Waals surface area contributed by atoms with E-state index in [2.05, 4.69) is 39.9 Å². The van der Waals surface area contributed by atoms with Gasteiger partial charge in [0.05, 0.1) is 24.2 Å². The average Bonchev–Trinajstić information content (AvgIpc) is 3.73. The topological polar surface area (TPSA) is 177 Å². The number of aliphatic hydroxyl groups excluding tert-OH is 1. The second kappa shape index (κ2) is 20.2. The first kappa shape index (κ1) is 46.4. The van der Waals surface area contributed by atoms with E-state index in [-0.39, 0.29) is 47.9 Å². The average molecular weight is 918 g/mol. The van der Waals surface area contributed by atoms with E-state index < -0.39 is 23.0 Å². The number of benzene rings is 5. The van der Waals surface area contributed by atoms with Crippen molar-refractivity contribution in [3.05, 3.63) is 148 Å². The number of rotatable bonds is 14. The van der Waals surface area contributed by atoms with Crippen molar-refractivity contribution in [3.8, 4) is 28.7 Å². The van der Waals surface area contributed by atoms with Gasteiger partial charge in [0, 0.05) is 60.5 Å². The number of aromatic nitrogens is 1. The normalized spacial score (nSPS) is 21.0. The first-order chi connectivity index (χ1) is 31.4. The molecule has 0 unspecified atom stereocenters. The summed E-state index contributed by atoms with van der Waals surface area (Å²) < 4.78 is 12.1. The van der Waals surface area contributed by atoms with Gasteiger partial charge >= 0.3 is 0 Å². The highest BCUT2D eigenvalue weighted by atomic mass is 33.1. The van der Waals surface area contributed by atoms with Gasteiger partial charge in [-0.2, -0.15) is 0 Å². The molecule has 8 N–H and O–H groups in total. The van der Waals surface area contributed by atoms with Gasteiger partial charge in [-0.15, -0.1) is 0 Å². The van der Waals surface area contributed by atoms with Gasteiger partial charge in [0.1, 0.15) is 18.3 Å². The molecule has 0 fully saturated rings. The molecule has 5 aromatic carbocycles. The SMILES string of the molecule is CNCc1cc(O)cc([C@]2(C(=O)C[C@@H](O)[C@H](Cc3cc[nH]c3)Cc3ccc(O)c(OC)c3Cc3cccc4ccccc34)CC[C@H]3SSC[C@](C)(O)CNCOc4c(O)ccc(c43)C2)c1. The van der Waals surface area contributed by atoms with Crippen molar-refractivity contribution < 1.29 is 39.8 Å². The summed E-state index contributed by atoms with van der Waals surface area (Å²) in [4.78, 5) is 18.8. The summed E-state index contributed by atoms with van der Waals surface area (Å²) in [5.74, 6) is 0.644. The molecule has 6 aromatic rings. The second-order valence-electron chi connectivity index (χ2n) is 17.9. The van der Waals surface area contributed by atoms with Crippen LogP contribution in [-0.4, -0.2) is 81.2 Å². The summed E-state index contributed by atoms with van der Waals surface area (Å²) >= 11 is 0. The van der Waals surface area contributed by atoms with E-state index in [1.807, 2.05) is 61.9 Å². The zero-order valence-corrected chi connectivity index (χ0v) is 38.7. The van der Waals surface area contributed by atoms with E-state index in [9.17, 15) is 25.5 Å². The van der Waals surface area contributed by atoms with E-state index in [1.165, 1.54) is 0 Å². The molecule has 342 valence electrons. The number of carbonyl (C=O) groups is 1. The van der Waals surface area contributed by atoms with Crippen LogP contribution in [0, 0.1) is 5.92 Å². The molecule has 0 radical (unpaired) electrons. The highest BCUT2D eigenvalue weighted by Gasteiger charge is 2.46. The lowest BCUT2D eigenvalue weighted by Crippen LogP contribution is -2.41. The molecule has 0 spiro atoms. The van der Waals surface area contributed by atoms with Crippen molar-refractivity contribution in [3.63, 3.8) is 0 Å². The molecule has 2 heterocycles. The largest absolute Gasteiger partial charge is 0.508 e. The zero-order valence-electron chi connectivity index (χ0n) is 37.1. The van der Waals surface area contributed by atoms with Crippen LogP contribution in [0.1, 0.15) is 75.9 Å². The summed E-state index contributed by atoms with van der Waals surface area (Å²) in [6.45, 7) is 2.62. The predicted molar refractivity (Wildman–Crippen MR) is 259 cm³/mol.